The van der Waals surface area contributed by atoms with Crippen molar-refractivity contribution in [2.75, 3.05) is 6.61 Å². The average Bonchev–Trinajstić information content (AvgIpc) is 2.91. The number of benzene rings is 1. The van der Waals surface area contributed by atoms with Crippen LogP contribution in [0.1, 0.15) is 31.7 Å². The van der Waals surface area contributed by atoms with Crippen molar-refractivity contribution in [3.8, 4) is 5.75 Å². The van der Waals surface area contributed by atoms with Gasteiger partial charge in [-0.15, -0.1) is 0 Å². The highest BCUT2D eigenvalue weighted by Gasteiger charge is 2.33. The Balaban J connectivity index is 2.03. The van der Waals surface area contributed by atoms with Gasteiger partial charge >= 0.3 is 5.97 Å². The molecule has 0 saturated heterocycles. The van der Waals surface area contributed by atoms with Crippen LogP contribution in [0.5, 0.6) is 5.75 Å². The SMILES string of the molecule is CCOc1c(Cl)cccc1CC(=O)N[C@@H]1CCC[C@@H]1C(=O)O. The molecule has 2 atom stereocenters. The number of hydrogen-bond donors (Lipinski definition) is 2. The number of carbonyl (C=O) groups is 2. The molecular formula is C16H20ClNO4. The first-order valence-corrected chi connectivity index (χ1v) is 7.83. The molecule has 1 fully saturated rings. The highest BCUT2D eigenvalue weighted by Crippen LogP contribution is 2.30. The predicted molar refractivity (Wildman–Crippen MR) is 83.2 cm³/mol. The van der Waals surface area contributed by atoms with Gasteiger partial charge in [-0.05, 0) is 25.8 Å². The maximum absolute atomic E-state index is 12.2. The topological polar surface area (TPSA) is 75.6 Å². The van der Waals surface area contributed by atoms with Gasteiger partial charge in [-0.25, -0.2) is 0 Å². The molecule has 0 aromatic heterocycles. The van der Waals surface area contributed by atoms with E-state index in [2.05, 4.69) is 5.32 Å². The van der Waals surface area contributed by atoms with Crippen molar-refractivity contribution in [1.29, 1.82) is 0 Å². The number of carbonyl (C=O) groups excluding carboxylic acids is 1. The molecule has 1 saturated carbocycles. The smallest absolute Gasteiger partial charge is 0.308 e. The molecule has 2 N–H and O–H groups in total. The Morgan fingerprint density at radius 2 is 2.18 bits per heavy atom. The number of para-hydroxylation sites is 1. The van der Waals surface area contributed by atoms with E-state index in [0.717, 1.165) is 6.42 Å². The predicted octanol–water partition coefficient (Wildman–Crippen LogP) is 2.65. The van der Waals surface area contributed by atoms with E-state index in [0.29, 0.717) is 35.8 Å². The summed E-state index contributed by atoms with van der Waals surface area (Å²) in [5.41, 5.74) is 0.705. The molecule has 1 aromatic carbocycles. The molecule has 0 spiro atoms. The number of hydrogen-bond acceptors (Lipinski definition) is 3. The molecule has 0 unspecified atom stereocenters. The third-order valence-electron chi connectivity index (χ3n) is 3.87. The van der Waals surface area contributed by atoms with Gasteiger partial charge in [0.15, 0.2) is 0 Å². The van der Waals surface area contributed by atoms with Crippen LogP contribution in [-0.2, 0) is 16.0 Å². The van der Waals surface area contributed by atoms with Crippen molar-refractivity contribution in [3.63, 3.8) is 0 Å². The van der Waals surface area contributed by atoms with Crippen LogP contribution in [0.3, 0.4) is 0 Å². The third kappa shape index (κ3) is 3.91. The summed E-state index contributed by atoms with van der Waals surface area (Å²) in [5.74, 6) is -1.03. The zero-order chi connectivity index (χ0) is 16.1. The molecule has 0 radical (unpaired) electrons. The lowest BCUT2D eigenvalue weighted by molar-refractivity contribution is -0.142. The number of halogens is 1. The Morgan fingerprint density at radius 3 is 2.86 bits per heavy atom. The standard InChI is InChI=1S/C16H20ClNO4/c1-2-22-15-10(5-3-7-12(15)17)9-14(19)18-13-8-4-6-11(13)16(20)21/h3,5,7,11,13H,2,4,6,8-9H2,1H3,(H,18,19)(H,20,21)/t11-,13+/m0/s1. The van der Waals surface area contributed by atoms with E-state index in [-0.39, 0.29) is 18.4 Å². The van der Waals surface area contributed by atoms with Crippen molar-refractivity contribution in [2.24, 2.45) is 5.92 Å². The van der Waals surface area contributed by atoms with Gasteiger partial charge in [0, 0.05) is 11.6 Å². The molecule has 0 bridgehead atoms. The van der Waals surface area contributed by atoms with E-state index < -0.39 is 11.9 Å². The van der Waals surface area contributed by atoms with Gasteiger partial charge in [0.05, 0.1) is 24.0 Å². The number of ether oxygens (including phenoxy) is 1. The van der Waals surface area contributed by atoms with Gasteiger partial charge in [0.1, 0.15) is 5.75 Å². The van der Waals surface area contributed by atoms with Crippen LogP contribution in [0.4, 0.5) is 0 Å². The van der Waals surface area contributed by atoms with E-state index in [1.165, 1.54) is 0 Å². The number of carboxylic acids is 1. The molecule has 1 aliphatic rings. The molecule has 22 heavy (non-hydrogen) atoms. The van der Waals surface area contributed by atoms with Crippen molar-refractivity contribution in [1.82, 2.24) is 5.32 Å². The van der Waals surface area contributed by atoms with Crippen molar-refractivity contribution in [3.05, 3.63) is 28.8 Å². The van der Waals surface area contributed by atoms with Gasteiger partial charge in [-0.3, -0.25) is 9.59 Å². The van der Waals surface area contributed by atoms with Crippen molar-refractivity contribution >= 4 is 23.5 Å². The summed E-state index contributed by atoms with van der Waals surface area (Å²) in [6.45, 7) is 2.31. The number of rotatable bonds is 6. The summed E-state index contributed by atoms with van der Waals surface area (Å²) in [4.78, 5) is 23.3. The van der Waals surface area contributed by atoms with E-state index in [1.54, 1.807) is 18.2 Å². The first kappa shape index (κ1) is 16.6. The lowest BCUT2D eigenvalue weighted by atomic mass is 10.0. The minimum Gasteiger partial charge on any atom is -0.492 e. The Labute approximate surface area is 134 Å². The van der Waals surface area contributed by atoms with Gasteiger partial charge in [-0.1, -0.05) is 30.2 Å². The molecule has 6 heteroatoms. The van der Waals surface area contributed by atoms with E-state index in [4.69, 9.17) is 21.4 Å². The molecular weight excluding hydrogens is 306 g/mol. The van der Waals surface area contributed by atoms with Gasteiger partial charge in [0.2, 0.25) is 5.91 Å². The maximum Gasteiger partial charge on any atom is 0.308 e. The lowest BCUT2D eigenvalue weighted by Crippen LogP contribution is -2.40. The lowest BCUT2D eigenvalue weighted by Gasteiger charge is -2.18. The molecule has 1 aromatic rings. The van der Waals surface area contributed by atoms with E-state index >= 15 is 0 Å². The maximum atomic E-state index is 12.2. The molecule has 0 heterocycles. The minimum atomic E-state index is -0.847. The summed E-state index contributed by atoms with van der Waals surface area (Å²) in [6, 6.07) is 4.98. The van der Waals surface area contributed by atoms with Crippen LogP contribution in [0.25, 0.3) is 0 Å². The van der Waals surface area contributed by atoms with Crippen LogP contribution >= 0.6 is 11.6 Å². The zero-order valence-electron chi connectivity index (χ0n) is 12.5. The molecule has 120 valence electrons. The summed E-state index contributed by atoms with van der Waals surface area (Å²) >= 11 is 6.09. The number of nitrogens with one attached hydrogen (secondary N) is 1. The Bertz CT molecular complexity index is 561. The highest BCUT2D eigenvalue weighted by molar-refractivity contribution is 6.32. The van der Waals surface area contributed by atoms with E-state index in [9.17, 15) is 9.59 Å². The third-order valence-corrected chi connectivity index (χ3v) is 4.17. The second kappa shape index (κ2) is 7.49. The number of aliphatic carboxylic acids is 1. The van der Waals surface area contributed by atoms with Gasteiger partial charge in [-0.2, -0.15) is 0 Å². The van der Waals surface area contributed by atoms with Gasteiger partial charge < -0.3 is 15.2 Å². The molecule has 1 aliphatic carbocycles. The fourth-order valence-corrected chi connectivity index (χ4v) is 3.11. The van der Waals surface area contributed by atoms with Crippen LogP contribution in [-0.4, -0.2) is 29.6 Å². The average molecular weight is 326 g/mol. The summed E-state index contributed by atoms with van der Waals surface area (Å²) in [7, 11) is 0. The first-order valence-electron chi connectivity index (χ1n) is 7.45. The Kier molecular flexibility index (Phi) is 5.66. The first-order chi connectivity index (χ1) is 10.5. The fourth-order valence-electron chi connectivity index (χ4n) is 2.86. The molecule has 2 rings (SSSR count). The van der Waals surface area contributed by atoms with Crippen LogP contribution in [0, 0.1) is 5.92 Å². The Hall–Kier alpha value is -1.75. The summed E-state index contributed by atoms with van der Waals surface area (Å²) in [5, 5.41) is 12.4. The summed E-state index contributed by atoms with van der Waals surface area (Å²) < 4.78 is 5.49. The highest BCUT2D eigenvalue weighted by atomic mass is 35.5. The Morgan fingerprint density at radius 1 is 1.41 bits per heavy atom. The number of carboxylic acid groups (broad SMARTS) is 1. The summed E-state index contributed by atoms with van der Waals surface area (Å²) in [6.07, 6.45) is 2.26. The zero-order valence-corrected chi connectivity index (χ0v) is 13.2. The van der Waals surface area contributed by atoms with Crippen molar-refractivity contribution < 1.29 is 19.4 Å². The van der Waals surface area contributed by atoms with Crippen LogP contribution in [0.15, 0.2) is 18.2 Å². The monoisotopic (exact) mass is 325 g/mol. The molecule has 0 aliphatic heterocycles. The quantitative estimate of drug-likeness (QED) is 0.843. The fraction of sp³-hybridized carbons (Fsp3) is 0.500. The normalized spacial score (nSPS) is 20.6. The van der Waals surface area contributed by atoms with E-state index in [1.807, 2.05) is 6.92 Å². The van der Waals surface area contributed by atoms with Crippen LogP contribution < -0.4 is 10.1 Å². The molecule has 5 nitrogen and oxygen atoms in total. The van der Waals surface area contributed by atoms with Gasteiger partial charge in [0.25, 0.3) is 0 Å². The van der Waals surface area contributed by atoms with Crippen LogP contribution in [0.2, 0.25) is 5.02 Å². The second-order valence-electron chi connectivity index (χ2n) is 5.39. The molecule has 1 amide bonds. The largest absolute Gasteiger partial charge is 0.492 e. The second-order valence-corrected chi connectivity index (χ2v) is 5.79. The number of amides is 1. The van der Waals surface area contributed by atoms with Crippen molar-refractivity contribution in [2.45, 2.75) is 38.6 Å². The minimum absolute atomic E-state index is 0.124.